The molecule has 0 fully saturated rings. The lowest BCUT2D eigenvalue weighted by Crippen LogP contribution is -2.30. The molecule has 0 saturated heterocycles. The molecule has 2 aromatic carbocycles. The van der Waals surface area contributed by atoms with Gasteiger partial charge in [0.05, 0.1) is 10.7 Å². The third-order valence-corrected chi connectivity index (χ3v) is 3.68. The Bertz CT molecular complexity index is 681. The van der Waals surface area contributed by atoms with Crippen LogP contribution in [0.1, 0.15) is 18.1 Å². The predicted molar refractivity (Wildman–Crippen MR) is 90.5 cm³/mol. The zero-order valence-corrected chi connectivity index (χ0v) is 13.6. The van der Waals surface area contributed by atoms with Gasteiger partial charge in [-0.3, -0.25) is 4.79 Å². The highest BCUT2D eigenvalue weighted by Gasteiger charge is 2.17. The number of anilines is 2. The second kappa shape index (κ2) is 6.71. The molecular formula is C17H19ClN2O2. The lowest BCUT2D eigenvalue weighted by Gasteiger charge is -2.18. The van der Waals surface area contributed by atoms with Crippen LogP contribution >= 0.6 is 11.6 Å². The summed E-state index contributed by atoms with van der Waals surface area (Å²) in [4.78, 5) is 12.2. The number of aryl methyl sites for hydroxylation is 2. The quantitative estimate of drug-likeness (QED) is 0.839. The fraction of sp³-hybridized carbons (Fsp3) is 0.235. The molecule has 0 radical (unpaired) electrons. The maximum Gasteiger partial charge on any atom is 0.265 e. The van der Waals surface area contributed by atoms with Crippen LogP contribution in [0.5, 0.6) is 5.75 Å². The molecule has 0 aliphatic rings. The zero-order chi connectivity index (χ0) is 16.3. The minimum Gasteiger partial charge on any atom is -0.480 e. The van der Waals surface area contributed by atoms with Crippen LogP contribution in [0.3, 0.4) is 0 Å². The van der Waals surface area contributed by atoms with Crippen molar-refractivity contribution in [2.45, 2.75) is 26.9 Å². The number of nitrogen functional groups attached to an aromatic ring is 1. The first kappa shape index (κ1) is 16.2. The molecule has 2 rings (SSSR count). The minimum absolute atomic E-state index is 0.246. The standard InChI is InChI=1S/C17H19ClN2O2/c1-10-5-4-6-11(2)16(10)22-12(3)17(21)20-13-7-8-14(18)15(19)9-13/h4-9,12H,19H2,1-3H3,(H,20,21)/t12-/m0/s1. The molecule has 5 heteroatoms. The van der Waals surface area contributed by atoms with Gasteiger partial charge in [0.15, 0.2) is 6.10 Å². The van der Waals surface area contributed by atoms with Crippen molar-refractivity contribution in [1.29, 1.82) is 0 Å². The van der Waals surface area contributed by atoms with E-state index in [4.69, 9.17) is 22.1 Å². The van der Waals surface area contributed by atoms with Gasteiger partial charge in [-0.25, -0.2) is 0 Å². The third-order valence-electron chi connectivity index (χ3n) is 3.34. The highest BCUT2D eigenvalue weighted by molar-refractivity contribution is 6.33. The van der Waals surface area contributed by atoms with Gasteiger partial charge in [-0.05, 0) is 50.1 Å². The Labute approximate surface area is 135 Å². The van der Waals surface area contributed by atoms with Crippen LogP contribution < -0.4 is 15.8 Å². The SMILES string of the molecule is Cc1cccc(C)c1O[C@@H](C)C(=O)Nc1ccc(Cl)c(N)c1. The van der Waals surface area contributed by atoms with E-state index in [1.54, 1.807) is 25.1 Å². The molecule has 2 aromatic rings. The molecule has 0 bridgehead atoms. The second-order valence-electron chi connectivity index (χ2n) is 5.21. The number of halogens is 1. The zero-order valence-electron chi connectivity index (χ0n) is 12.8. The van der Waals surface area contributed by atoms with Crippen molar-refractivity contribution in [3.8, 4) is 5.75 Å². The van der Waals surface area contributed by atoms with Crippen LogP contribution in [0.25, 0.3) is 0 Å². The molecule has 0 saturated carbocycles. The smallest absolute Gasteiger partial charge is 0.265 e. The van der Waals surface area contributed by atoms with Crippen molar-refractivity contribution in [2.24, 2.45) is 0 Å². The van der Waals surface area contributed by atoms with Crippen molar-refractivity contribution < 1.29 is 9.53 Å². The number of hydrogen-bond acceptors (Lipinski definition) is 3. The first-order valence-electron chi connectivity index (χ1n) is 6.97. The van der Waals surface area contributed by atoms with Crippen LogP contribution in [-0.2, 0) is 4.79 Å². The number of carbonyl (C=O) groups is 1. The van der Waals surface area contributed by atoms with E-state index in [0.717, 1.165) is 16.9 Å². The van der Waals surface area contributed by atoms with E-state index >= 15 is 0 Å². The van der Waals surface area contributed by atoms with Gasteiger partial charge in [0, 0.05) is 5.69 Å². The van der Waals surface area contributed by atoms with Crippen molar-refractivity contribution in [3.63, 3.8) is 0 Å². The number of nitrogens with one attached hydrogen (secondary N) is 1. The van der Waals surface area contributed by atoms with E-state index in [1.165, 1.54) is 0 Å². The van der Waals surface area contributed by atoms with E-state index in [1.807, 2.05) is 32.0 Å². The topological polar surface area (TPSA) is 64.3 Å². The number of para-hydroxylation sites is 1. The molecule has 0 unspecified atom stereocenters. The molecular weight excluding hydrogens is 300 g/mol. The second-order valence-corrected chi connectivity index (χ2v) is 5.61. The first-order chi connectivity index (χ1) is 10.4. The fourth-order valence-electron chi connectivity index (χ4n) is 2.08. The van der Waals surface area contributed by atoms with E-state index < -0.39 is 6.10 Å². The Kier molecular flexibility index (Phi) is 4.93. The Morgan fingerprint density at radius 2 is 1.86 bits per heavy atom. The van der Waals surface area contributed by atoms with E-state index in [0.29, 0.717) is 16.4 Å². The third kappa shape index (κ3) is 3.71. The number of nitrogens with two attached hydrogens (primary N) is 1. The summed E-state index contributed by atoms with van der Waals surface area (Å²) in [5.74, 6) is 0.491. The van der Waals surface area contributed by atoms with Gasteiger partial charge in [0.25, 0.3) is 5.91 Å². The van der Waals surface area contributed by atoms with Crippen LogP contribution in [0.4, 0.5) is 11.4 Å². The van der Waals surface area contributed by atoms with Crippen molar-refractivity contribution in [3.05, 3.63) is 52.5 Å². The molecule has 0 aliphatic carbocycles. The number of carbonyl (C=O) groups excluding carboxylic acids is 1. The average Bonchev–Trinajstić information content (AvgIpc) is 2.46. The molecule has 3 N–H and O–H groups in total. The summed E-state index contributed by atoms with van der Waals surface area (Å²) < 4.78 is 5.79. The summed E-state index contributed by atoms with van der Waals surface area (Å²) in [6.45, 7) is 5.61. The van der Waals surface area contributed by atoms with Crippen molar-refractivity contribution in [2.75, 3.05) is 11.1 Å². The Morgan fingerprint density at radius 1 is 1.23 bits per heavy atom. The number of ether oxygens (including phenoxy) is 1. The normalized spacial score (nSPS) is 11.8. The van der Waals surface area contributed by atoms with Gasteiger partial charge in [-0.2, -0.15) is 0 Å². The molecule has 0 spiro atoms. The molecule has 0 aromatic heterocycles. The number of rotatable bonds is 4. The molecule has 0 heterocycles. The van der Waals surface area contributed by atoms with Crippen LogP contribution in [0.15, 0.2) is 36.4 Å². The molecule has 22 heavy (non-hydrogen) atoms. The molecule has 1 amide bonds. The maximum atomic E-state index is 12.2. The summed E-state index contributed by atoms with van der Waals surface area (Å²) in [7, 11) is 0. The summed E-state index contributed by atoms with van der Waals surface area (Å²) in [5, 5.41) is 3.22. The number of amides is 1. The highest BCUT2D eigenvalue weighted by Crippen LogP contribution is 2.25. The maximum absolute atomic E-state index is 12.2. The van der Waals surface area contributed by atoms with Crippen molar-refractivity contribution in [1.82, 2.24) is 0 Å². The predicted octanol–water partition coefficient (Wildman–Crippen LogP) is 3.95. The lowest BCUT2D eigenvalue weighted by atomic mass is 10.1. The summed E-state index contributed by atoms with van der Waals surface area (Å²) in [6, 6.07) is 10.8. The van der Waals surface area contributed by atoms with Gasteiger partial charge in [-0.1, -0.05) is 29.8 Å². The fourth-order valence-corrected chi connectivity index (χ4v) is 2.20. The van der Waals surface area contributed by atoms with Gasteiger partial charge in [0.2, 0.25) is 0 Å². The van der Waals surface area contributed by atoms with E-state index in [2.05, 4.69) is 5.32 Å². The Morgan fingerprint density at radius 3 is 2.45 bits per heavy atom. The van der Waals surface area contributed by atoms with Crippen LogP contribution in [-0.4, -0.2) is 12.0 Å². The van der Waals surface area contributed by atoms with Gasteiger partial charge >= 0.3 is 0 Å². The van der Waals surface area contributed by atoms with E-state index in [9.17, 15) is 4.79 Å². The molecule has 116 valence electrons. The monoisotopic (exact) mass is 318 g/mol. The first-order valence-corrected chi connectivity index (χ1v) is 7.35. The number of hydrogen-bond donors (Lipinski definition) is 2. The summed E-state index contributed by atoms with van der Waals surface area (Å²) in [5.41, 5.74) is 8.72. The largest absolute Gasteiger partial charge is 0.480 e. The average molecular weight is 319 g/mol. The minimum atomic E-state index is -0.628. The van der Waals surface area contributed by atoms with Crippen molar-refractivity contribution >= 4 is 28.9 Å². The van der Waals surface area contributed by atoms with E-state index in [-0.39, 0.29) is 5.91 Å². The summed E-state index contributed by atoms with van der Waals surface area (Å²) in [6.07, 6.45) is -0.628. The molecule has 4 nitrogen and oxygen atoms in total. The van der Waals surface area contributed by atoms with Gasteiger partial charge in [-0.15, -0.1) is 0 Å². The van der Waals surface area contributed by atoms with Gasteiger partial charge in [0.1, 0.15) is 5.75 Å². The molecule has 0 aliphatic heterocycles. The Hall–Kier alpha value is -2.20. The molecule has 1 atom stereocenters. The van der Waals surface area contributed by atoms with Crippen LogP contribution in [0, 0.1) is 13.8 Å². The summed E-state index contributed by atoms with van der Waals surface area (Å²) >= 11 is 5.86. The van der Waals surface area contributed by atoms with Gasteiger partial charge < -0.3 is 15.8 Å². The lowest BCUT2D eigenvalue weighted by molar-refractivity contribution is -0.122. The van der Waals surface area contributed by atoms with Crippen LogP contribution in [0.2, 0.25) is 5.02 Å². The highest BCUT2D eigenvalue weighted by atomic mass is 35.5. The number of benzene rings is 2. The Balaban J connectivity index is 2.07.